The van der Waals surface area contributed by atoms with Crippen LogP contribution in [0.3, 0.4) is 0 Å². The Morgan fingerprint density at radius 2 is 2.05 bits per heavy atom. The Hall–Kier alpha value is -1.13. The van der Waals surface area contributed by atoms with E-state index < -0.39 is 0 Å². The minimum Gasteiger partial charge on any atom is -0.494 e. The molecule has 1 atom stereocenters. The van der Waals surface area contributed by atoms with Gasteiger partial charge in [0.2, 0.25) is 0 Å². The van der Waals surface area contributed by atoms with Crippen LogP contribution in [-0.2, 0) is 6.54 Å². The van der Waals surface area contributed by atoms with E-state index >= 15 is 0 Å². The van der Waals surface area contributed by atoms with Crippen LogP contribution < -0.4 is 4.74 Å². The summed E-state index contributed by atoms with van der Waals surface area (Å²) in [5.41, 5.74) is 1.13. The van der Waals surface area contributed by atoms with Crippen LogP contribution in [0.1, 0.15) is 24.8 Å². The minimum absolute atomic E-state index is 0.285. The topological polar surface area (TPSA) is 15.7 Å². The Morgan fingerprint density at radius 1 is 1.25 bits per heavy atom. The van der Waals surface area contributed by atoms with E-state index in [4.69, 9.17) is 4.74 Å². The minimum atomic E-state index is -0.285. The summed E-state index contributed by atoms with van der Waals surface area (Å²) in [6, 6.07) is 5.90. The van der Waals surface area contributed by atoms with Gasteiger partial charge in [0.1, 0.15) is 0 Å². The van der Waals surface area contributed by atoms with Crippen LogP contribution in [0.15, 0.2) is 18.2 Å². The third-order valence-electron chi connectivity index (χ3n) is 4.53. The first-order valence-electron chi connectivity index (χ1n) is 7.55. The quantitative estimate of drug-likeness (QED) is 0.841. The number of ether oxygens (including phenoxy) is 1. The molecule has 1 aromatic rings. The van der Waals surface area contributed by atoms with Gasteiger partial charge in [-0.1, -0.05) is 6.07 Å². The van der Waals surface area contributed by atoms with Gasteiger partial charge in [-0.05, 0) is 50.0 Å². The van der Waals surface area contributed by atoms with Crippen molar-refractivity contribution in [2.24, 2.45) is 0 Å². The molecule has 0 N–H and O–H groups in total. The zero-order valence-electron chi connectivity index (χ0n) is 12.1. The molecular formula is C16H23FN2O. The van der Waals surface area contributed by atoms with Crippen LogP contribution in [0, 0.1) is 5.82 Å². The second kappa shape index (κ2) is 6.10. The van der Waals surface area contributed by atoms with E-state index in [9.17, 15) is 4.39 Å². The molecule has 0 amide bonds. The maximum absolute atomic E-state index is 13.4. The first-order chi connectivity index (χ1) is 9.76. The van der Waals surface area contributed by atoms with Crippen molar-refractivity contribution in [1.82, 2.24) is 9.80 Å². The van der Waals surface area contributed by atoms with Crippen LogP contribution >= 0.6 is 0 Å². The van der Waals surface area contributed by atoms with Gasteiger partial charge in [0.05, 0.1) is 7.11 Å². The molecule has 2 aliphatic heterocycles. The first kappa shape index (κ1) is 13.8. The van der Waals surface area contributed by atoms with Gasteiger partial charge in [-0.15, -0.1) is 0 Å². The molecule has 0 unspecified atom stereocenters. The Balaban J connectivity index is 1.58. The van der Waals surface area contributed by atoms with Crippen LogP contribution in [0.25, 0.3) is 0 Å². The molecule has 0 spiro atoms. The highest BCUT2D eigenvalue weighted by molar-refractivity contribution is 5.30. The summed E-state index contributed by atoms with van der Waals surface area (Å²) in [5, 5.41) is 0. The molecule has 3 rings (SSSR count). The number of rotatable bonds is 4. The Bertz CT molecular complexity index is 460. The molecule has 2 saturated heterocycles. The van der Waals surface area contributed by atoms with E-state index in [1.54, 1.807) is 0 Å². The third kappa shape index (κ3) is 2.96. The molecule has 0 aromatic heterocycles. The Kier molecular flexibility index (Phi) is 4.22. The molecule has 3 nitrogen and oxygen atoms in total. The summed E-state index contributed by atoms with van der Waals surface area (Å²) < 4.78 is 18.5. The molecule has 20 heavy (non-hydrogen) atoms. The lowest BCUT2D eigenvalue weighted by Gasteiger charge is -2.23. The highest BCUT2D eigenvalue weighted by Crippen LogP contribution is 2.24. The van der Waals surface area contributed by atoms with Crippen molar-refractivity contribution >= 4 is 0 Å². The van der Waals surface area contributed by atoms with Gasteiger partial charge < -0.3 is 4.74 Å². The average Bonchev–Trinajstić information content (AvgIpc) is 3.11. The van der Waals surface area contributed by atoms with Crippen LogP contribution in [0.2, 0.25) is 0 Å². The lowest BCUT2D eigenvalue weighted by molar-refractivity contribution is 0.229. The summed E-state index contributed by atoms with van der Waals surface area (Å²) in [6.07, 6.45) is 3.97. The van der Waals surface area contributed by atoms with E-state index in [0.717, 1.165) is 31.2 Å². The standard InChI is InChI=1S/C16H23FN2O/c1-20-16-10-13(4-5-15(16)17)11-18-9-6-14(12-18)19-7-2-3-8-19/h4-5,10,14H,2-3,6-9,11-12H2,1H3/t14-/m1/s1. The molecule has 0 aliphatic carbocycles. The smallest absolute Gasteiger partial charge is 0.165 e. The number of hydrogen-bond donors (Lipinski definition) is 0. The van der Waals surface area contributed by atoms with Gasteiger partial charge in [-0.2, -0.15) is 0 Å². The highest BCUT2D eigenvalue weighted by Gasteiger charge is 2.29. The molecule has 2 heterocycles. The Labute approximate surface area is 120 Å². The summed E-state index contributed by atoms with van der Waals surface area (Å²) in [6.45, 7) is 5.70. The van der Waals surface area contributed by atoms with Crippen molar-refractivity contribution in [2.45, 2.75) is 31.8 Å². The molecule has 2 fully saturated rings. The number of benzene rings is 1. The zero-order valence-corrected chi connectivity index (χ0v) is 12.1. The van der Waals surface area contributed by atoms with Crippen LogP contribution in [0.5, 0.6) is 5.75 Å². The first-order valence-corrected chi connectivity index (χ1v) is 7.55. The third-order valence-corrected chi connectivity index (χ3v) is 4.53. The fourth-order valence-electron chi connectivity index (χ4n) is 3.42. The van der Waals surface area contributed by atoms with Gasteiger partial charge in [0.25, 0.3) is 0 Å². The number of methoxy groups -OCH3 is 1. The van der Waals surface area contributed by atoms with Gasteiger partial charge in [-0.3, -0.25) is 9.80 Å². The Morgan fingerprint density at radius 3 is 2.80 bits per heavy atom. The number of likely N-dealkylation sites (tertiary alicyclic amines) is 2. The van der Waals surface area contributed by atoms with E-state index in [-0.39, 0.29) is 5.82 Å². The summed E-state index contributed by atoms with van der Waals surface area (Å²) in [5.74, 6) is 0.0606. The largest absolute Gasteiger partial charge is 0.494 e. The van der Waals surface area contributed by atoms with Crippen molar-refractivity contribution < 1.29 is 9.13 Å². The van der Waals surface area contributed by atoms with Gasteiger partial charge >= 0.3 is 0 Å². The summed E-state index contributed by atoms with van der Waals surface area (Å²) in [4.78, 5) is 5.10. The van der Waals surface area contributed by atoms with Gasteiger partial charge in [0.15, 0.2) is 11.6 Å². The van der Waals surface area contributed by atoms with Crippen LogP contribution in [-0.4, -0.2) is 49.1 Å². The molecule has 0 radical (unpaired) electrons. The predicted octanol–water partition coefficient (Wildman–Crippen LogP) is 2.50. The molecular weight excluding hydrogens is 255 g/mol. The van der Waals surface area contributed by atoms with E-state index in [2.05, 4.69) is 9.80 Å². The average molecular weight is 278 g/mol. The summed E-state index contributed by atoms with van der Waals surface area (Å²) in [7, 11) is 1.52. The fraction of sp³-hybridized carbons (Fsp3) is 0.625. The SMILES string of the molecule is COc1cc(CN2CC[C@@H](N3CCCC3)C2)ccc1F. The number of hydrogen-bond acceptors (Lipinski definition) is 3. The van der Waals surface area contributed by atoms with Gasteiger partial charge in [0, 0.05) is 25.7 Å². The lowest BCUT2D eigenvalue weighted by atomic mass is 10.2. The molecule has 0 bridgehead atoms. The highest BCUT2D eigenvalue weighted by atomic mass is 19.1. The normalized spacial score (nSPS) is 24.4. The maximum atomic E-state index is 13.4. The van der Waals surface area contributed by atoms with Crippen molar-refractivity contribution in [3.63, 3.8) is 0 Å². The molecule has 2 aliphatic rings. The summed E-state index contributed by atoms with van der Waals surface area (Å²) >= 11 is 0. The zero-order chi connectivity index (χ0) is 13.9. The molecule has 110 valence electrons. The predicted molar refractivity (Wildman–Crippen MR) is 77.4 cm³/mol. The molecule has 0 saturated carbocycles. The van der Waals surface area contributed by atoms with E-state index in [1.165, 1.54) is 45.5 Å². The number of halogens is 1. The van der Waals surface area contributed by atoms with Crippen molar-refractivity contribution in [3.05, 3.63) is 29.6 Å². The van der Waals surface area contributed by atoms with E-state index in [0.29, 0.717) is 5.75 Å². The van der Waals surface area contributed by atoms with Gasteiger partial charge in [-0.25, -0.2) is 4.39 Å². The van der Waals surface area contributed by atoms with Crippen molar-refractivity contribution in [1.29, 1.82) is 0 Å². The molecule has 1 aromatic carbocycles. The lowest BCUT2D eigenvalue weighted by Crippen LogP contribution is -2.35. The maximum Gasteiger partial charge on any atom is 0.165 e. The monoisotopic (exact) mass is 278 g/mol. The second-order valence-electron chi connectivity index (χ2n) is 5.89. The fourth-order valence-corrected chi connectivity index (χ4v) is 3.42. The number of nitrogens with zero attached hydrogens (tertiary/aromatic N) is 2. The molecule has 4 heteroatoms. The van der Waals surface area contributed by atoms with Crippen molar-refractivity contribution in [2.75, 3.05) is 33.3 Å². The van der Waals surface area contributed by atoms with Crippen LogP contribution in [0.4, 0.5) is 4.39 Å². The van der Waals surface area contributed by atoms with E-state index in [1.807, 2.05) is 12.1 Å². The second-order valence-corrected chi connectivity index (χ2v) is 5.89. The van der Waals surface area contributed by atoms with Crippen molar-refractivity contribution in [3.8, 4) is 5.75 Å².